The number of likely N-dealkylation sites (tertiary alicyclic amines) is 1. The van der Waals surface area contributed by atoms with Crippen LogP contribution >= 0.6 is 0 Å². The lowest BCUT2D eigenvalue weighted by molar-refractivity contribution is -0.140. The normalized spacial score (nSPS) is 18.8. The zero-order chi connectivity index (χ0) is 22.8. The van der Waals surface area contributed by atoms with Gasteiger partial charge >= 0.3 is 5.97 Å². The first-order chi connectivity index (χ1) is 15.4. The molecule has 2 aliphatic heterocycles. The molecule has 0 aliphatic carbocycles. The van der Waals surface area contributed by atoms with E-state index in [0.717, 1.165) is 0 Å². The van der Waals surface area contributed by atoms with Crippen LogP contribution in [-0.4, -0.2) is 54.7 Å². The summed E-state index contributed by atoms with van der Waals surface area (Å²) >= 11 is 0. The number of fused-ring (bicyclic) bond motifs is 1. The monoisotopic (exact) mass is 439 g/mol. The minimum atomic E-state index is -0.897. The molecule has 2 aliphatic rings. The number of nitrogens with zero attached hydrogens (tertiary/aromatic N) is 1. The van der Waals surface area contributed by atoms with Crippen molar-refractivity contribution in [1.82, 2.24) is 4.90 Å². The number of aliphatic hydroxyl groups is 1. The summed E-state index contributed by atoms with van der Waals surface area (Å²) < 4.78 is 20.9. The predicted octanol–water partition coefficient (Wildman–Crippen LogP) is 2.41. The molecular formula is C23H21NO8. The number of rotatable bonds is 6. The van der Waals surface area contributed by atoms with Gasteiger partial charge < -0.3 is 29.0 Å². The van der Waals surface area contributed by atoms with Crippen molar-refractivity contribution < 1.29 is 38.4 Å². The van der Waals surface area contributed by atoms with Crippen LogP contribution in [0.5, 0.6) is 17.2 Å². The van der Waals surface area contributed by atoms with Crippen molar-refractivity contribution in [1.29, 1.82) is 0 Å². The van der Waals surface area contributed by atoms with E-state index in [1.807, 2.05) is 0 Å². The van der Waals surface area contributed by atoms with Gasteiger partial charge in [0.05, 0.1) is 18.2 Å². The van der Waals surface area contributed by atoms with E-state index in [1.54, 1.807) is 42.5 Å². The highest BCUT2D eigenvalue weighted by atomic mass is 16.7. The molecule has 9 nitrogen and oxygen atoms in total. The van der Waals surface area contributed by atoms with Gasteiger partial charge in [0.1, 0.15) is 11.5 Å². The van der Waals surface area contributed by atoms with E-state index >= 15 is 0 Å². The Morgan fingerprint density at radius 2 is 1.94 bits per heavy atom. The van der Waals surface area contributed by atoms with Gasteiger partial charge in [0.25, 0.3) is 11.7 Å². The summed E-state index contributed by atoms with van der Waals surface area (Å²) in [5, 5.41) is 11.1. The molecular weight excluding hydrogens is 418 g/mol. The number of hydrogen-bond acceptors (Lipinski definition) is 8. The lowest BCUT2D eigenvalue weighted by atomic mass is 9.95. The number of amides is 1. The van der Waals surface area contributed by atoms with E-state index in [4.69, 9.17) is 18.9 Å². The molecule has 1 amide bonds. The van der Waals surface area contributed by atoms with Crippen molar-refractivity contribution in [3.8, 4) is 17.2 Å². The second-order valence-electron chi connectivity index (χ2n) is 7.22. The maximum atomic E-state index is 13.0. The first-order valence-electron chi connectivity index (χ1n) is 9.86. The van der Waals surface area contributed by atoms with Crippen molar-refractivity contribution >= 4 is 23.4 Å². The molecule has 0 spiro atoms. The fourth-order valence-electron chi connectivity index (χ4n) is 3.76. The maximum Gasteiger partial charge on any atom is 0.308 e. The van der Waals surface area contributed by atoms with Crippen molar-refractivity contribution in [2.24, 2.45) is 0 Å². The SMILES string of the molecule is COCCN1C(=O)C(=O)/C(=C(\O)c2ccc3c(c2)OCO3)C1c1cccc(OC(C)=O)c1. The van der Waals surface area contributed by atoms with Crippen molar-refractivity contribution in [3.63, 3.8) is 0 Å². The molecule has 0 radical (unpaired) electrons. The summed E-state index contributed by atoms with van der Waals surface area (Å²) in [6, 6.07) is 10.3. The van der Waals surface area contributed by atoms with Crippen LogP contribution in [0.1, 0.15) is 24.1 Å². The fourth-order valence-corrected chi connectivity index (χ4v) is 3.76. The van der Waals surface area contributed by atoms with Gasteiger partial charge in [-0.3, -0.25) is 14.4 Å². The van der Waals surface area contributed by atoms with E-state index in [2.05, 4.69) is 0 Å². The number of carbonyl (C=O) groups is 3. The number of benzene rings is 2. The zero-order valence-corrected chi connectivity index (χ0v) is 17.5. The van der Waals surface area contributed by atoms with E-state index in [0.29, 0.717) is 22.6 Å². The van der Waals surface area contributed by atoms with Crippen LogP contribution in [-0.2, 0) is 19.1 Å². The van der Waals surface area contributed by atoms with Gasteiger partial charge in [-0.15, -0.1) is 0 Å². The highest BCUT2D eigenvalue weighted by Gasteiger charge is 2.46. The number of methoxy groups -OCH3 is 1. The molecule has 32 heavy (non-hydrogen) atoms. The number of ketones is 1. The van der Waals surface area contributed by atoms with Gasteiger partial charge in [-0.1, -0.05) is 12.1 Å². The number of aliphatic hydroxyl groups excluding tert-OH is 1. The molecule has 1 atom stereocenters. The first kappa shape index (κ1) is 21.4. The Kier molecular flexibility index (Phi) is 5.83. The number of ether oxygens (including phenoxy) is 4. The summed E-state index contributed by atoms with van der Waals surface area (Å²) in [7, 11) is 1.49. The van der Waals surface area contributed by atoms with Crippen LogP contribution in [0, 0.1) is 0 Å². The molecule has 0 aromatic heterocycles. The molecule has 2 aromatic carbocycles. The standard InChI is InChI=1S/C23H21NO8/c1-13(25)32-16-5-3-4-14(10-16)20-19(22(27)23(28)24(20)8-9-29-2)21(26)15-6-7-17-18(11-15)31-12-30-17/h3-7,10-11,20,26H,8-9,12H2,1-2H3/b21-19-. The first-order valence-corrected chi connectivity index (χ1v) is 9.86. The zero-order valence-electron chi connectivity index (χ0n) is 17.5. The lowest BCUT2D eigenvalue weighted by Gasteiger charge is -2.25. The van der Waals surface area contributed by atoms with Crippen LogP contribution in [0.25, 0.3) is 5.76 Å². The van der Waals surface area contributed by atoms with E-state index in [1.165, 1.54) is 18.9 Å². The highest BCUT2D eigenvalue weighted by molar-refractivity contribution is 6.46. The minimum Gasteiger partial charge on any atom is -0.507 e. The number of esters is 1. The van der Waals surface area contributed by atoms with Crippen LogP contribution < -0.4 is 14.2 Å². The van der Waals surface area contributed by atoms with Crippen LogP contribution in [0.4, 0.5) is 0 Å². The molecule has 2 aromatic rings. The molecule has 0 saturated carbocycles. The Bertz CT molecular complexity index is 1120. The molecule has 166 valence electrons. The summed E-state index contributed by atoms with van der Waals surface area (Å²) in [6.45, 7) is 1.65. The largest absolute Gasteiger partial charge is 0.507 e. The summed E-state index contributed by atoms with van der Waals surface area (Å²) in [4.78, 5) is 38.5. The smallest absolute Gasteiger partial charge is 0.308 e. The van der Waals surface area contributed by atoms with Crippen LogP contribution in [0.3, 0.4) is 0 Å². The molecule has 1 unspecified atom stereocenters. The van der Waals surface area contributed by atoms with Crippen molar-refractivity contribution in [2.45, 2.75) is 13.0 Å². The second kappa shape index (κ2) is 8.72. The van der Waals surface area contributed by atoms with Gasteiger partial charge in [0.15, 0.2) is 11.5 Å². The van der Waals surface area contributed by atoms with Gasteiger partial charge in [0.2, 0.25) is 6.79 Å². The summed E-state index contributed by atoms with van der Waals surface area (Å²) in [6.07, 6.45) is 0. The quantitative estimate of drug-likeness (QED) is 0.240. The Balaban J connectivity index is 1.83. The summed E-state index contributed by atoms with van der Waals surface area (Å²) in [5.74, 6) is -1.22. The van der Waals surface area contributed by atoms with Crippen molar-refractivity contribution in [3.05, 3.63) is 59.2 Å². The topological polar surface area (TPSA) is 112 Å². The van der Waals surface area contributed by atoms with Crippen LogP contribution in [0.15, 0.2) is 48.0 Å². The fraction of sp³-hybridized carbons (Fsp3) is 0.261. The van der Waals surface area contributed by atoms with E-state index in [9.17, 15) is 19.5 Å². The molecule has 4 rings (SSSR count). The molecule has 2 heterocycles. The Hall–Kier alpha value is -3.85. The van der Waals surface area contributed by atoms with Gasteiger partial charge in [-0.25, -0.2) is 0 Å². The lowest BCUT2D eigenvalue weighted by Crippen LogP contribution is -2.32. The molecule has 1 fully saturated rings. The molecule has 0 bridgehead atoms. The average molecular weight is 439 g/mol. The Labute approximate surface area is 183 Å². The average Bonchev–Trinajstić information content (AvgIpc) is 3.34. The van der Waals surface area contributed by atoms with Gasteiger partial charge in [0, 0.05) is 26.1 Å². The third-order valence-corrected chi connectivity index (χ3v) is 5.16. The summed E-state index contributed by atoms with van der Waals surface area (Å²) in [5.41, 5.74) is 0.728. The van der Waals surface area contributed by atoms with Gasteiger partial charge in [-0.2, -0.15) is 0 Å². The number of Topliss-reactive ketones (excluding diaryl/α,β-unsaturated/α-hetero) is 1. The Morgan fingerprint density at radius 3 is 2.69 bits per heavy atom. The van der Waals surface area contributed by atoms with E-state index < -0.39 is 23.7 Å². The van der Waals surface area contributed by atoms with Gasteiger partial charge in [-0.05, 0) is 35.9 Å². The number of carbonyl (C=O) groups excluding carboxylic acids is 3. The molecule has 9 heteroatoms. The predicted molar refractivity (Wildman–Crippen MR) is 111 cm³/mol. The Morgan fingerprint density at radius 1 is 1.16 bits per heavy atom. The molecule has 1 saturated heterocycles. The van der Waals surface area contributed by atoms with Crippen LogP contribution in [0.2, 0.25) is 0 Å². The third-order valence-electron chi connectivity index (χ3n) is 5.16. The highest BCUT2D eigenvalue weighted by Crippen LogP contribution is 2.41. The van der Waals surface area contributed by atoms with E-state index in [-0.39, 0.29) is 37.0 Å². The molecule has 1 N–H and O–H groups in total. The third kappa shape index (κ3) is 3.90. The maximum absolute atomic E-state index is 13.0. The minimum absolute atomic E-state index is 0.0594. The number of hydrogen-bond donors (Lipinski definition) is 1. The van der Waals surface area contributed by atoms with Crippen molar-refractivity contribution in [2.75, 3.05) is 27.1 Å². The second-order valence-corrected chi connectivity index (χ2v) is 7.22.